The lowest BCUT2D eigenvalue weighted by Gasteiger charge is -2.17. The van der Waals surface area contributed by atoms with Crippen molar-refractivity contribution in [1.82, 2.24) is 9.13 Å². The van der Waals surface area contributed by atoms with Crippen LogP contribution in [0.1, 0.15) is 0 Å². The van der Waals surface area contributed by atoms with E-state index in [1.165, 1.54) is 59.5 Å². The predicted octanol–water partition coefficient (Wildman–Crippen LogP) is 12.1. The van der Waals surface area contributed by atoms with Gasteiger partial charge in [-0.15, -0.1) is 0 Å². The highest BCUT2D eigenvalue weighted by Gasteiger charge is 2.17. The molecule has 220 valence electrons. The van der Waals surface area contributed by atoms with E-state index in [0.717, 1.165) is 27.9 Å². The minimum atomic E-state index is 0.832. The molecule has 0 bridgehead atoms. The van der Waals surface area contributed by atoms with E-state index in [4.69, 9.17) is 4.42 Å². The molecule has 2 aromatic heterocycles. The summed E-state index contributed by atoms with van der Waals surface area (Å²) in [6.07, 6.45) is 3.78. The lowest BCUT2D eigenvalue weighted by atomic mass is 9.93. The van der Waals surface area contributed by atoms with E-state index < -0.39 is 0 Å². The van der Waals surface area contributed by atoms with E-state index in [0.29, 0.717) is 0 Å². The van der Waals surface area contributed by atoms with Crippen LogP contribution < -0.4 is 0 Å². The van der Waals surface area contributed by atoms with Gasteiger partial charge in [-0.25, -0.2) is 0 Å². The highest BCUT2D eigenvalue weighted by atomic mass is 16.3. The second kappa shape index (κ2) is 10.1. The van der Waals surface area contributed by atoms with Crippen LogP contribution in [-0.4, -0.2) is 9.13 Å². The lowest BCUT2D eigenvalue weighted by molar-refractivity contribution is 0.593. The van der Waals surface area contributed by atoms with Gasteiger partial charge in [0.1, 0.15) is 6.26 Å². The van der Waals surface area contributed by atoms with Crippen LogP contribution in [0.4, 0.5) is 0 Å². The Morgan fingerprint density at radius 3 is 1.60 bits per heavy atom. The average molecular weight is 601 g/mol. The van der Waals surface area contributed by atoms with Crippen molar-refractivity contribution in [2.45, 2.75) is 0 Å². The van der Waals surface area contributed by atoms with Gasteiger partial charge in [-0.3, -0.25) is 0 Å². The molecule has 2 heterocycles. The van der Waals surface area contributed by atoms with Gasteiger partial charge in [0, 0.05) is 28.0 Å². The van der Waals surface area contributed by atoms with Crippen LogP contribution in [0.2, 0.25) is 0 Å². The Bertz CT molecular complexity index is 2850. The molecule has 0 aliphatic heterocycles. The molecule has 0 spiro atoms. The van der Waals surface area contributed by atoms with Gasteiger partial charge >= 0.3 is 0 Å². The molecule has 0 aliphatic rings. The zero-order valence-corrected chi connectivity index (χ0v) is 25.5. The van der Waals surface area contributed by atoms with Crippen LogP contribution in [0.25, 0.3) is 87.4 Å². The molecule has 0 N–H and O–H groups in total. The molecule has 3 heteroatoms. The number of nitrogens with zero attached hydrogens (tertiary/aromatic N) is 2. The van der Waals surface area contributed by atoms with Crippen LogP contribution in [0.5, 0.6) is 0 Å². The van der Waals surface area contributed by atoms with Crippen molar-refractivity contribution in [2.75, 3.05) is 0 Å². The summed E-state index contributed by atoms with van der Waals surface area (Å²) in [5, 5.41) is 12.0. The summed E-state index contributed by atoms with van der Waals surface area (Å²) in [5.74, 6) is 0. The topological polar surface area (TPSA) is 23.0 Å². The Morgan fingerprint density at radius 1 is 0.383 bits per heavy atom. The first-order valence-corrected chi connectivity index (χ1v) is 16.0. The summed E-state index contributed by atoms with van der Waals surface area (Å²) in [7, 11) is 0. The van der Waals surface area contributed by atoms with Crippen molar-refractivity contribution in [3.8, 4) is 11.4 Å². The molecule has 0 saturated carbocycles. The first kappa shape index (κ1) is 26.0. The van der Waals surface area contributed by atoms with Crippen molar-refractivity contribution >= 4 is 76.0 Å². The smallest absolute Gasteiger partial charge is 0.151 e. The molecule has 0 radical (unpaired) electrons. The van der Waals surface area contributed by atoms with E-state index in [-0.39, 0.29) is 0 Å². The molecule has 0 unspecified atom stereocenters. The third-order valence-electron chi connectivity index (χ3n) is 9.66. The second-order valence-corrected chi connectivity index (χ2v) is 12.1. The summed E-state index contributed by atoms with van der Waals surface area (Å²) in [4.78, 5) is 0. The van der Waals surface area contributed by atoms with Gasteiger partial charge in [0.2, 0.25) is 0 Å². The fraction of sp³-hybridized carbons (Fsp3) is 0. The van der Waals surface area contributed by atoms with Crippen LogP contribution in [0.15, 0.2) is 175 Å². The standard InChI is InChI=1S/C44H28N2O/c1-2-13-29(14-3-1)45-25-26-47-43-28-38-32-17-5-4-15-30(32)31-16-6-7-20-35(31)44-36(37(38)27-42(43)45)21-12-24-41(44)46-39-22-10-8-18-33(39)34-19-9-11-23-40(34)46/h1-28H. The molecule has 0 aliphatic carbocycles. The number of hydrogen-bond donors (Lipinski definition) is 0. The van der Waals surface area contributed by atoms with Gasteiger partial charge in [0.05, 0.1) is 22.2 Å². The second-order valence-electron chi connectivity index (χ2n) is 12.1. The minimum Gasteiger partial charge on any atom is -0.461 e. The molecular weight excluding hydrogens is 572 g/mol. The lowest BCUT2D eigenvalue weighted by Crippen LogP contribution is -1.97. The molecule has 47 heavy (non-hydrogen) atoms. The van der Waals surface area contributed by atoms with Crippen molar-refractivity contribution in [3.63, 3.8) is 0 Å². The zero-order chi connectivity index (χ0) is 30.9. The fourth-order valence-corrected chi connectivity index (χ4v) is 7.66. The van der Waals surface area contributed by atoms with Crippen molar-refractivity contribution in [1.29, 1.82) is 0 Å². The average Bonchev–Trinajstić information content (AvgIpc) is 3.48. The molecule has 0 fully saturated rings. The first-order valence-electron chi connectivity index (χ1n) is 16.0. The van der Waals surface area contributed by atoms with Gasteiger partial charge in [0.15, 0.2) is 5.58 Å². The van der Waals surface area contributed by atoms with Crippen LogP contribution in [0, 0.1) is 0 Å². The van der Waals surface area contributed by atoms with E-state index in [1.807, 2.05) is 6.20 Å². The maximum absolute atomic E-state index is 6.24. The zero-order valence-electron chi connectivity index (χ0n) is 25.5. The molecule has 8 aromatic carbocycles. The van der Waals surface area contributed by atoms with Gasteiger partial charge in [-0.05, 0) is 80.2 Å². The van der Waals surface area contributed by atoms with E-state index in [2.05, 4.69) is 167 Å². The van der Waals surface area contributed by atoms with Crippen LogP contribution >= 0.6 is 0 Å². The number of fused-ring (bicyclic) bond motifs is 12. The van der Waals surface area contributed by atoms with E-state index in [1.54, 1.807) is 6.26 Å². The summed E-state index contributed by atoms with van der Waals surface area (Å²) < 4.78 is 10.9. The molecule has 0 atom stereocenters. The maximum Gasteiger partial charge on any atom is 0.151 e. The third kappa shape index (κ3) is 3.81. The quantitative estimate of drug-likeness (QED) is 0.194. The Hall–Kier alpha value is -6.32. The summed E-state index contributed by atoms with van der Waals surface area (Å²) in [6, 6.07) is 56.9. The summed E-state index contributed by atoms with van der Waals surface area (Å²) >= 11 is 0. The largest absolute Gasteiger partial charge is 0.461 e. The van der Waals surface area contributed by atoms with E-state index >= 15 is 0 Å². The Morgan fingerprint density at radius 2 is 0.894 bits per heavy atom. The normalized spacial score (nSPS) is 11.8. The van der Waals surface area contributed by atoms with Crippen LogP contribution in [0.3, 0.4) is 0 Å². The molecule has 3 nitrogen and oxygen atoms in total. The SMILES string of the molecule is c1ccc(-n2ccoc3cc4c5ccccc5c5ccccc5c5c(-n6c7ccccc7c7ccccc76)cccc5c4cc32)cc1. The Kier molecular flexibility index (Phi) is 5.57. The molecule has 10 rings (SSSR count). The minimum absolute atomic E-state index is 0.832. The van der Waals surface area contributed by atoms with Gasteiger partial charge < -0.3 is 13.6 Å². The Balaban J connectivity index is 1.49. The number of benzene rings is 7. The number of para-hydroxylation sites is 3. The van der Waals surface area contributed by atoms with Crippen molar-refractivity contribution in [3.05, 3.63) is 170 Å². The summed E-state index contributed by atoms with van der Waals surface area (Å²) in [5.41, 5.74) is 6.48. The number of rotatable bonds is 2. The first-order chi connectivity index (χ1) is 23.3. The number of aromatic nitrogens is 2. The van der Waals surface area contributed by atoms with Crippen molar-refractivity contribution < 1.29 is 4.42 Å². The Labute approximate surface area is 270 Å². The van der Waals surface area contributed by atoms with Crippen LogP contribution in [-0.2, 0) is 0 Å². The maximum atomic E-state index is 6.24. The molecule has 0 amide bonds. The monoisotopic (exact) mass is 600 g/mol. The predicted molar refractivity (Wildman–Crippen MR) is 198 cm³/mol. The number of hydrogen-bond acceptors (Lipinski definition) is 1. The summed E-state index contributed by atoms with van der Waals surface area (Å²) in [6.45, 7) is 0. The van der Waals surface area contributed by atoms with Gasteiger partial charge in [-0.2, -0.15) is 0 Å². The highest BCUT2D eigenvalue weighted by molar-refractivity contribution is 6.28. The molecular formula is C44H28N2O. The van der Waals surface area contributed by atoms with Gasteiger partial charge in [0.25, 0.3) is 0 Å². The fourth-order valence-electron chi connectivity index (χ4n) is 7.66. The molecule has 10 aromatic rings. The van der Waals surface area contributed by atoms with E-state index in [9.17, 15) is 0 Å². The highest BCUT2D eigenvalue weighted by Crippen LogP contribution is 2.41. The third-order valence-corrected chi connectivity index (χ3v) is 9.66. The van der Waals surface area contributed by atoms with Gasteiger partial charge in [-0.1, -0.05) is 115 Å². The molecule has 0 saturated heterocycles. The van der Waals surface area contributed by atoms with Crippen molar-refractivity contribution in [2.24, 2.45) is 0 Å².